The van der Waals surface area contributed by atoms with Crippen LogP contribution in [0.4, 0.5) is 0 Å². The minimum Gasteiger partial charge on any atom is -0.468 e. The van der Waals surface area contributed by atoms with Crippen LogP contribution in [0.3, 0.4) is 0 Å². The van der Waals surface area contributed by atoms with Crippen LogP contribution in [0, 0.1) is 0 Å². The van der Waals surface area contributed by atoms with E-state index in [1.165, 1.54) is 0 Å². The first kappa shape index (κ1) is 10.4. The molecular weight excluding hydrogens is 176 g/mol. The van der Waals surface area contributed by atoms with Crippen LogP contribution in [-0.2, 0) is 9.47 Å². The first-order valence-electron chi connectivity index (χ1n) is 4.39. The van der Waals surface area contributed by atoms with Gasteiger partial charge in [-0.3, -0.25) is 0 Å². The third-order valence-corrected chi connectivity index (χ3v) is 1.71. The summed E-state index contributed by atoms with van der Waals surface area (Å²) in [7, 11) is 3.18. The minimum absolute atomic E-state index is 0.515. The van der Waals surface area contributed by atoms with Gasteiger partial charge in [-0.1, -0.05) is 36.5 Å². The molecule has 0 saturated heterocycles. The van der Waals surface area contributed by atoms with Gasteiger partial charge in [-0.25, -0.2) is 0 Å². The molecule has 1 rings (SSSR count). The molecule has 0 aliphatic heterocycles. The summed E-state index contributed by atoms with van der Waals surface area (Å²) in [5, 5.41) is 0. The average Bonchev–Trinajstić information content (AvgIpc) is 2.34. The monoisotopic (exact) mass is 190 g/mol. The number of ether oxygens (including phenoxy) is 2. The van der Waals surface area contributed by atoms with Crippen LogP contribution in [0.25, 0.3) is 0 Å². The summed E-state index contributed by atoms with van der Waals surface area (Å²) < 4.78 is 10.2. The van der Waals surface area contributed by atoms with Gasteiger partial charge in [0.15, 0.2) is 0 Å². The normalized spacial score (nSPS) is 23.7. The molecule has 2 heteroatoms. The van der Waals surface area contributed by atoms with Gasteiger partial charge in [0.25, 0.3) is 5.95 Å². The Morgan fingerprint density at radius 2 is 1.21 bits per heavy atom. The maximum absolute atomic E-state index is 5.08. The number of hydrogen-bond acceptors (Lipinski definition) is 2. The Hall–Kier alpha value is -1.70. The van der Waals surface area contributed by atoms with Crippen molar-refractivity contribution in [2.75, 3.05) is 14.2 Å². The van der Waals surface area contributed by atoms with Gasteiger partial charge in [-0.2, -0.15) is 0 Å². The molecule has 14 heavy (non-hydrogen) atoms. The summed E-state index contributed by atoms with van der Waals surface area (Å²) >= 11 is 0. The number of methoxy groups -OCH3 is 2. The van der Waals surface area contributed by atoms with Crippen LogP contribution < -0.4 is 0 Å². The molecule has 1 aliphatic carbocycles. The van der Waals surface area contributed by atoms with E-state index in [2.05, 4.69) is 0 Å². The first-order valence-corrected chi connectivity index (χ1v) is 4.39. The molecule has 0 fully saturated rings. The van der Waals surface area contributed by atoms with Crippen molar-refractivity contribution in [3.05, 3.63) is 60.1 Å². The zero-order valence-corrected chi connectivity index (χ0v) is 8.44. The van der Waals surface area contributed by atoms with Crippen LogP contribution in [0.2, 0.25) is 0 Å². The SMILES string of the molecule is COC(OC)=C1\C=C/C=C\C=C/C=C\1. The highest BCUT2D eigenvalue weighted by Gasteiger charge is 2.00. The van der Waals surface area contributed by atoms with E-state index >= 15 is 0 Å². The quantitative estimate of drug-likeness (QED) is 0.623. The molecule has 0 radical (unpaired) electrons. The van der Waals surface area contributed by atoms with Gasteiger partial charge < -0.3 is 9.47 Å². The molecule has 0 N–H and O–H groups in total. The summed E-state index contributed by atoms with van der Waals surface area (Å²) in [6, 6.07) is 0. The summed E-state index contributed by atoms with van der Waals surface area (Å²) in [6.07, 6.45) is 15.6. The van der Waals surface area contributed by atoms with Crippen molar-refractivity contribution in [3.8, 4) is 0 Å². The number of rotatable bonds is 2. The predicted octanol–water partition coefficient (Wildman–Crippen LogP) is 2.73. The van der Waals surface area contributed by atoms with E-state index < -0.39 is 0 Å². The highest BCUT2D eigenvalue weighted by Crippen LogP contribution is 2.10. The average molecular weight is 190 g/mol. The largest absolute Gasteiger partial charge is 0.468 e. The Kier molecular flexibility index (Phi) is 4.35. The molecular formula is C12H14O2. The van der Waals surface area contributed by atoms with E-state index in [0.29, 0.717) is 5.95 Å². The fraction of sp³-hybridized carbons (Fsp3) is 0.167. The van der Waals surface area contributed by atoms with Crippen molar-refractivity contribution in [2.24, 2.45) is 0 Å². The van der Waals surface area contributed by atoms with Crippen LogP contribution in [0.5, 0.6) is 0 Å². The summed E-state index contributed by atoms with van der Waals surface area (Å²) in [4.78, 5) is 0. The fourth-order valence-electron chi connectivity index (χ4n) is 1.09. The Bertz CT molecular complexity index is 287. The Morgan fingerprint density at radius 3 is 1.64 bits per heavy atom. The molecule has 0 unspecified atom stereocenters. The minimum atomic E-state index is 0.515. The third-order valence-electron chi connectivity index (χ3n) is 1.71. The highest BCUT2D eigenvalue weighted by atomic mass is 16.7. The molecule has 2 nitrogen and oxygen atoms in total. The maximum Gasteiger partial charge on any atom is 0.286 e. The van der Waals surface area contributed by atoms with Gasteiger partial charge in [0.05, 0.1) is 19.8 Å². The lowest BCUT2D eigenvalue weighted by molar-refractivity contribution is 0.0931. The van der Waals surface area contributed by atoms with E-state index in [1.54, 1.807) is 14.2 Å². The van der Waals surface area contributed by atoms with Gasteiger partial charge in [0, 0.05) is 0 Å². The van der Waals surface area contributed by atoms with Crippen molar-refractivity contribution in [1.29, 1.82) is 0 Å². The van der Waals surface area contributed by atoms with Crippen LogP contribution in [0.1, 0.15) is 0 Å². The summed E-state index contributed by atoms with van der Waals surface area (Å²) in [5.74, 6) is 0.515. The number of hydrogen-bond donors (Lipinski definition) is 0. The van der Waals surface area contributed by atoms with Gasteiger partial charge >= 0.3 is 0 Å². The van der Waals surface area contributed by atoms with Crippen molar-refractivity contribution < 1.29 is 9.47 Å². The molecule has 0 heterocycles. The standard InChI is InChI=1S/C12H14O2/c1-13-12(14-2)11-9-7-5-3-4-6-8-10-11/h3-10H,1-2H3/b5-3-,6-4-,9-7-,10-8-. The van der Waals surface area contributed by atoms with Crippen LogP contribution in [0.15, 0.2) is 60.1 Å². The molecule has 1 aliphatic rings. The van der Waals surface area contributed by atoms with E-state index in [4.69, 9.17) is 9.47 Å². The fourth-order valence-corrected chi connectivity index (χ4v) is 1.09. The van der Waals surface area contributed by atoms with Crippen molar-refractivity contribution in [3.63, 3.8) is 0 Å². The lowest BCUT2D eigenvalue weighted by Gasteiger charge is -2.05. The van der Waals surface area contributed by atoms with Gasteiger partial charge in [0.1, 0.15) is 0 Å². The molecule has 0 aromatic heterocycles. The number of allylic oxidation sites excluding steroid dienone is 9. The second kappa shape index (κ2) is 5.86. The smallest absolute Gasteiger partial charge is 0.286 e. The zero-order chi connectivity index (χ0) is 10.2. The van der Waals surface area contributed by atoms with Gasteiger partial charge in [-0.15, -0.1) is 0 Å². The Labute approximate surface area is 84.5 Å². The van der Waals surface area contributed by atoms with Crippen molar-refractivity contribution in [1.82, 2.24) is 0 Å². The molecule has 0 spiro atoms. The lowest BCUT2D eigenvalue weighted by atomic mass is 10.2. The van der Waals surface area contributed by atoms with Gasteiger partial charge in [-0.05, 0) is 12.2 Å². The topological polar surface area (TPSA) is 18.5 Å². The Balaban J connectivity index is 3.01. The first-order chi connectivity index (χ1) is 6.88. The molecule has 0 saturated carbocycles. The molecule has 0 atom stereocenters. The molecule has 74 valence electrons. The van der Waals surface area contributed by atoms with E-state index in [0.717, 1.165) is 5.57 Å². The van der Waals surface area contributed by atoms with E-state index in [1.807, 2.05) is 48.6 Å². The van der Waals surface area contributed by atoms with Crippen molar-refractivity contribution >= 4 is 0 Å². The van der Waals surface area contributed by atoms with Crippen LogP contribution >= 0.6 is 0 Å². The molecule has 0 aromatic carbocycles. The van der Waals surface area contributed by atoms with Crippen molar-refractivity contribution in [2.45, 2.75) is 0 Å². The summed E-state index contributed by atoms with van der Waals surface area (Å²) in [6.45, 7) is 0. The lowest BCUT2D eigenvalue weighted by Crippen LogP contribution is -1.93. The molecule has 0 bridgehead atoms. The third kappa shape index (κ3) is 2.98. The van der Waals surface area contributed by atoms with E-state index in [-0.39, 0.29) is 0 Å². The second-order valence-electron chi connectivity index (χ2n) is 2.64. The molecule has 0 aromatic rings. The predicted molar refractivity (Wildman–Crippen MR) is 57.6 cm³/mol. The van der Waals surface area contributed by atoms with Crippen LogP contribution in [-0.4, -0.2) is 14.2 Å². The summed E-state index contributed by atoms with van der Waals surface area (Å²) in [5.41, 5.74) is 0.909. The zero-order valence-electron chi connectivity index (χ0n) is 8.44. The highest BCUT2D eigenvalue weighted by molar-refractivity contribution is 5.36. The second-order valence-corrected chi connectivity index (χ2v) is 2.64. The van der Waals surface area contributed by atoms with E-state index in [9.17, 15) is 0 Å². The maximum atomic E-state index is 5.08. The Morgan fingerprint density at radius 1 is 0.786 bits per heavy atom. The van der Waals surface area contributed by atoms with Gasteiger partial charge in [0.2, 0.25) is 0 Å². The molecule has 0 amide bonds.